The molecule has 1 N–H and O–H groups in total. The SMILES string of the molecule is Cc1cccc2c(=O)n(CC(=O)Nc3ccc(N4CCCCC4)cc3)cnc12. The number of benzene rings is 2. The van der Waals surface area contributed by atoms with E-state index in [0.29, 0.717) is 10.9 Å². The van der Waals surface area contributed by atoms with Gasteiger partial charge in [-0.2, -0.15) is 0 Å². The minimum Gasteiger partial charge on any atom is -0.372 e. The molecule has 1 saturated heterocycles. The van der Waals surface area contributed by atoms with E-state index in [9.17, 15) is 9.59 Å². The molecule has 0 saturated carbocycles. The zero-order valence-electron chi connectivity index (χ0n) is 16.0. The monoisotopic (exact) mass is 376 g/mol. The van der Waals surface area contributed by atoms with Crippen molar-refractivity contribution in [3.8, 4) is 0 Å². The molecule has 6 nitrogen and oxygen atoms in total. The van der Waals surface area contributed by atoms with Gasteiger partial charge in [-0.05, 0) is 62.1 Å². The highest BCUT2D eigenvalue weighted by molar-refractivity contribution is 5.91. The fourth-order valence-corrected chi connectivity index (χ4v) is 3.71. The van der Waals surface area contributed by atoms with Crippen LogP contribution in [0.25, 0.3) is 10.9 Å². The van der Waals surface area contributed by atoms with Gasteiger partial charge in [-0.15, -0.1) is 0 Å². The third-order valence-corrected chi connectivity index (χ3v) is 5.24. The summed E-state index contributed by atoms with van der Waals surface area (Å²) in [5.41, 5.74) is 3.33. The van der Waals surface area contributed by atoms with Gasteiger partial charge in [-0.1, -0.05) is 12.1 Å². The van der Waals surface area contributed by atoms with Crippen LogP contribution in [-0.2, 0) is 11.3 Å². The summed E-state index contributed by atoms with van der Waals surface area (Å²) in [5.74, 6) is -0.248. The summed E-state index contributed by atoms with van der Waals surface area (Å²) in [6.07, 6.45) is 5.20. The highest BCUT2D eigenvalue weighted by Crippen LogP contribution is 2.21. The maximum atomic E-state index is 12.6. The Labute approximate surface area is 163 Å². The zero-order chi connectivity index (χ0) is 19.5. The van der Waals surface area contributed by atoms with Crippen LogP contribution < -0.4 is 15.8 Å². The van der Waals surface area contributed by atoms with Gasteiger partial charge in [-0.3, -0.25) is 14.2 Å². The lowest BCUT2D eigenvalue weighted by molar-refractivity contribution is -0.116. The van der Waals surface area contributed by atoms with Gasteiger partial charge in [0.05, 0.1) is 17.2 Å². The fourth-order valence-electron chi connectivity index (χ4n) is 3.71. The summed E-state index contributed by atoms with van der Waals surface area (Å²) in [6, 6.07) is 13.4. The van der Waals surface area contributed by atoms with Crippen LogP contribution >= 0.6 is 0 Å². The highest BCUT2D eigenvalue weighted by Gasteiger charge is 2.12. The van der Waals surface area contributed by atoms with Crippen LogP contribution in [0.1, 0.15) is 24.8 Å². The normalized spacial score (nSPS) is 14.2. The van der Waals surface area contributed by atoms with Gasteiger partial charge < -0.3 is 10.2 Å². The van der Waals surface area contributed by atoms with E-state index in [2.05, 4.69) is 15.2 Å². The molecule has 144 valence electrons. The number of aromatic nitrogens is 2. The predicted molar refractivity (Wildman–Crippen MR) is 112 cm³/mol. The summed E-state index contributed by atoms with van der Waals surface area (Å²) in [7, 11) is 0. The fraction of sp³-hybridized carbons (Fsp3) is 0.318. The van der Waals surface area contributed by atoms with Crippen molar-refractivity contribution in [3.63, 3.8) is 0 Å². The number of aryl methyl sites for hydroxylation is 1. The molecule has 1 aliphatic heterocycles. The standard InChI is InChI=1S/C22H24N4O2/c1-16-6-5-7-19-21(16)23-15-26(22(19)28)14-20(27)24-17-8-10-18(11-9-17)25-12-3-2-4-13-25/h5-11,15H,2-4,12-14H2,1H3,(H,24,27). The Morgan fingerprint density at radius 3 is 2.57 bits per heavy atom. The number of anilines is 2. The maximum Gasteiger partial charge on any atom is 0.261 e. The average molecular weight is 376 g/mol. The second-order valence-corrected chi connectivity index (χ2v) is 7.29. The number of para-hydroxylation sites is 1. The van der Waals surface area contributed by atoms with Crippen molar-refractivity contribution in [1.29, 1.82) is 0 Å². The van der Waals surface area contributed by atoms with Crippen LogP contribution in [0.15, 0.2) is 53.6 Å². The van der Waals surface area contributed by atoms with Gasteiger partial charge in [0, 0.05) is 24.5 Å². The zero-order valence-corrected chi connectivity index (χ0v) is 16.0. The second-order valence-electron chi connectivity index (χ2n) is 7.29. The molecule has 1 amide bonds. The van der Waals surface area contributed by atoms with Crippen molar-refractivity contribution in [3.05, 3.63) is 64.7 Å². The van der Waals surface area contributed by atoms with Crippen LogP contribution in [0.5, 0.6) is 0 Å². The van der Waals surface area contributed by atoms with Gasteiger partial charge in [0.25, 0.3) is 5.56 Å². The number of nitrogens with zero attached hydrogens (tertiary/aromatic N) is 3. The Balaban J connectivity index is 1.45. The van der Waals surface area contributed by atoms with Crippen molar-refractivity contribution in [2.45, 2.75) is 32.7 Å². The Hall–Kier alpha value is -3.15. The highest BCUT2D eigenvalue weighted by atomic mass is 16.2. The molecule has 1 aliphatic rings. The quantitative estimate of drug-likeness (QED) is 0.758. The number of piperidine rings is 1. The molecule has 0 unspecified atom stereocenters. The van der Waals surface area contributed by atoms with Crippen LogP contribution in [0.4, 0.5) is 11.4 Å². The van der Waals surface area contributed by atoms with E-state index < -0.39 is 0 Å². The van der Waals surface area contributed by atoms with E-state index in [1.807, 2.05) is 43.3 Å². The minimum atomic E-state index is -0.248. The molecule has 1 fully saturated rings. The Morgan fingerprint density at radius 2 is 1.82 bits per heavy atom. The van der Waals surface area contributed by atoms with Crippen LogP contribution in [-0.4, -0.2) is 28.5 Å². The van der Waals surface area contributed by atoms with E-state index in [4.69, 9.17) is 0 Å². The Morgan fingerprint density at radius 1 is 1.07 bits per heavy atom. The minimum absolute atomic E-state index is 0.0659. The molecular weight excluding hydrogens is 352 g/mol. The third kappa shape index (κ3) is 3.76. The molecule has 4 rings (SSSR count). The molecule has 2 heterocycles. The molecule has 0 bridgehead atoms. The predicted octanol–water partition coefficient (Wildman–Crippen LogP) is 3.33. The van der Waals surface area contributed by atoms with Gasteiger partial charge >= 0.3 is 0 Å². The first-order valence-corrected chi connectivity index (χ1v) is 9.71. The Kier molecular flexibility index (Phi) is 5.10. The number of hydrogen-bond donors (Lipinski definition) is 1. The molecule has 1 aromatic heterocycles. The second kappa shape index (κ2) is 7.84. The largest absolute Gasteiger partial charge is 0.372 e. The molecule has 0 spiro atoms. The molecule has 3 aromatic rings. The first-order chi connectivity index (χ1) is 13.6. The number of fused-ring (bicyclic) bond motifs is 1. The molecule has 0 radical (unpaired) electrons. The first kappa shape index (κ1) is 18.2. The summed E-state index contributed by atoms with van der Waals surface area (Å²) in [6.45, 7) is 4.02. The Bertz CT molecular complexity index is 1050. The number of hydrogen-bond acceptors (Lipinski definition) is 4. The van der Waals surface area contributed by atoms with Gasteiger partial charge in [-0.25, -0.2) is 4.98 Å². The topological polar surface area (TPSA) is 67.2 Å². The first-order valence-electron chi connectivity index (χ1n) is 9.71. The lowest BCUT2D eigenvalue weighted by Crippen LogP contribution is -2.29. The van der Waals surface area contributed by atoms with Crippen molar-refractivity contribution in [2.24, 2.45) is 0 Å². The summed E-state index contributed by atoms with van der Waals surface area (Å²) in [4.78, 5) is 31.8. The number of carbonyl (C=O) groups excluding carboxylic acids is 1. The molecule has 28 heavy (non-hydrogen) atoms. The van der Waals surface area contributed by atoms with Gasteiger partial charge in [0.15, 0.2) is 0 Å². The lowest BCUT2D eigenvalue weighted by Gasteiger charge is -2.28. The van der Waals surface area contributed by atoms with Crippen molar-refractivity contribution < 1.29 is 4.79 Å². The average Bonchev–Trinajstić information content (AvgIpc) is 2.72. The molecule has 0 aliphatic carbocycles. The van der Waals surface area contributed by atoms with E-state index in [1.54, 1.807) is 6.07 Å². The lowest BCUT2D eigenvalue weighted by atomic mass is 10.1. The van der Waals surface area contributed by atoms with Gasteiger partial charge in [0.2, 0.25) is 5.91 Å². The summed E-state index contributed by atoms with van der Waals surface area (Å²) < 4.78 is 1.35. The third-order valence-electron chi connectivity index (χ3n) is 5.24. The maximum absolute atomic E-state index is 12.6. The number of rotatable bonds is 4. The van der Waals surface area contributed by atoms with Crippen LogP contribution in [0, 0.1) is 6.92 Å². The molecule has 2 aromatic carbocycles. The van der Waals surface area contributed by atoms with Crippen LogP contribution in [0.2, 0.25) is 0 Å². The number of nitrogens with one attached hydrogen (secondary N) is 1. The van der Waals surface area contributed by atoms with Crippen molar-refractivity contribution in [2.75, 3.05) is 23.3 Å². The van der Waals surface area contributed by atoms with E-state index >= 15 is 0 Å². The molecule has 6 heteroatoms. The van der Waals surface area contributed by atoms with Gasteiger partial charge in [0.1, 0.15) is 6.54 Å². The van der Waals surface area contributed by atoms with Crippen LogP contribution in [0.3, 0.4) is 0 Å². The molecular formula is C22H24N4O2. The van der Waals surface area contributed by atoms with E-state index in [-0.39, 0.29) is 18.0 Å². The number of carbonyl (C=O) groups is 1. The molecule has 0 atom stereocenters. The van der Waals surface area contributed by atoms with Crippen molar-refractivity contribution in [1.82, 2.24) is 9.55 Å². The smallest absolute Gasteiger partial charge is 0.261 e. The van der Waals surface area contributed by atoms with E-state index in [0.717, 1.165) is 24.3 Å². The number of amides is 1. The summed E-state index contributed by atoms with van der Waals surface area (Å²) >= 11 is 0. The summed E-state index contributed by atoms with van der Waals surface area (Å²) in [5, 5.41) is 3.39. The van der Waals surface area contributed by atoms with E-state index in [1.165, 1.54) is 35.8 Å². The van der Waals surface area contributed by atoms with Crippen molar-refractivity contribution >= 4 is 28.2 Å².